The second-order valence-corrected chi connectivity index (χ2v) is 3.25. The standard InChI is InChI=1S/C9H14N4/c1-4-13-9-8(5-10-13)11-7(2)6-12(9)3/h5-6,11H,4H2,1-3H3. The normalized spacial score (nSPS) is 15.0. The molecule has 0 saturated carbocycles. The van der Waals surface area contributed by atoms with Crippen molar-refractivity contribution in [1.29, 1.82) is 0 Å². The number of allylic oxidation sites excluding steroid dienone is 1. The fraction of sp³-hybridized carbons (Fsp3) is 0.444. The van der Waals surface area contributed by atoms with Crippen LogP contribution < -0.4 is 10.2 Å². The van der Waals surface area contributed by atoms with Gasteiger partial charge in [0.15, 0.2) is 5.82 Å². The summed E-state index contributed by atoms with van der Waals surface area (Å²) in [7, 11) is 2.04. The van der Waals surface area contributed by atoms with Gasteiger partial charge in [-0.2, -0.15) is 5.10 Å². The van der Waals surface area contributed by atoms with E-state index in [0.29, 0.717) is 0 Å². The molecular formula is C9H14N4. The number of nitrogens with zero attached hydrogens (tertiary/aromatic N) is 3. The summed E-state index contributed by atoms with van der Waals surface area (Å²) < 4.78 is 1.98. The van der Waals surface area contributed by atoms with E-state index in [1.807, 2.05) is 24.9 Å². The summed E-state index contributed by atoms with van der Waals surface area (Å²) in [6, 6.07) is 0. The van der Waals surface area contributed by atoms with E-state index >= 15 is 0 Å². The van der Waals surface area contributed by atoms with Crippen LogP contribution in [0, 0.1) is 0 Å². The molecule has 2 rings (SSSR count). The summed E-state index contributed by atoms with van der Waals surface area (Å²) in [6.07, 6.45) is 3.93. The lowest BCUT2D eigenvalue weighted by molar-refractivity contribution is 0.657. The Morgan fingerprint density at radius 3 is 3.00 bits per heavy atom. The topological polar surface area (TPSA) is 33.1 Å². The van der Waals surface area contributed by atoms with Crippen LogP contribution in [0.15, 0.2) is 18.1 Å². The van der Waals surface area contributed by atoms with Gasteiger partial charge in [0, 0.05) is 25.5 Å². The molecule has 0 spiro atoms. The Morgan fingerprint density at radius 1 is 1.54 bits per heavy atom. The molecule has 0 saturated heterocycles. The zero-order valence-corrected chi connectivity index (χ0v) is 8.20. The second-order valence-electron chi connectivity index (χ2n) is 3.25. The molecule has 4 heteroatoms. The quantitative estimate of drug-likeness (QED) is 0.709. The van der Waals surface area contributed by atoms with E-state index < -0.39 is 0 Å². The molecule has 0 aliphatic carbocycles. The lowest BCUT2D eigenvalue weighted by Crippen LogP contribution is -2.20. The SMILES string of the molecule is CCn1ncc2c1N(C)C=C(C)N2. The predicted molar refractivity (Wildman–Crippen MR) is 53.7 cm³/mol. The number of nitrogens with one attached hydrogen (secondary N) is 1. The van der Waals surface area contributed by atoms with Crippen LogP contribution in [-0.4, -0.2) is 16.8 Å². The van der Waals surface area contributed by atoms with Gasteiger partial charge in [-0.25, -0.2) is 4.68 Å². The molecule has 0 amide bonds. The first-order valence-electron chi connectivity index (χ1n) is 4.46. The zero-order chi connectivity index (χ0) is 9.42. The minimum Gasteiger partial charge on any atom is -0.354 e. The van der Waals surface area contributed by atoms with Gasteiger partial charge in [-0.3, -0.25) is 0 Å². The van der Waals surface area contributed by atoms with Crippen molar-refractivity contribution >= 4 is 11.5 Å². The fourth-order valence-electron chi connectivity index (χ4n) is 1.67. The number of aromatic nitrogens is 2. The highest BCUT2D eigenvalue weighted by molar-refractivity contribution is 5.71. The molecule has 1 aromatic rings. The molecule has 0 unspecified atom stereocenters. The van der Waals surface area contributed by atoms with Gasteiger partial charge in [0.05, 0.1) is 6.20 Å². The highest BCUT2D eigenvalue weighted by Gasteiger charge is 2.16. The van der Waals surface area contributed by atoms with E-state index in [2.05, 4.69) is 28.4 Å². The first kappa shape index (κ1) is 8.16. The molecule has 1 N–H and O–H groups in total. The molecule has 2 heterocycles. The molecule has 4 nitrogen and oxygen atoms in total. The molecule has 0 bridgehead atoms. The number of aryl methyl sites for hydroxylation is 1. The van der Waals surface area contributed by atoms with Gasteiger partial charge in [0.2, 0.25) is 0 Å². The molecule has 1 aliphatic heterocycles. The molecule has 0 fully saturated rings. The molecule has 13 heavy (non-hydrogen) atoms. The Balaban J connectivity index is 2.46. The maximum Gasteiger partial charge on any atom is 0.154 e. The third kappa shape index (κ3) is 1.18. The van der Waals surface area contributed by atoms with E-state index in [0.717, 1.165) is 23.7 Å². The van der Waals surface area contributed by atoms with Gasteiger partial charge in [0.25, 0.3) is 0 Å². The maximum atomic E-state index is 4.28. The Bertz CT molecular complexity index is 350. The largest absolute Gasteiger partial charge is 0.354 e. The second kappa shape index (κ2) is 2.80. The highest BCUT2D eigenvalue weighted by atomic mass is 15.4. The molecule has 0 radical (unpaired) electrons. The van der Waals surface area contributed by atoms with E-state index in [-0.39, 0.29) is 0 Å². The minimum atomic E-state index is 0.897. The van der Waals surface area contributed by atoms with Gasteiger partial charge in [-0.15, -0.1) is 0 Å². The van der Waals surface area contributed by atoms with E-state index in [9.17, 15) is 0 Å². The summed E-state index contributed by atoms with van der Waals surface area (Å²) in [5.41, 5.74) is 2.23. The van der Waals surface area contributed by atoms with Crippen LogP contribution in [0.3, 0.4) is 0 Å². The smallest absolute Gasteiger partial charge is 0.154 e. The van der Waals surface area contributed by atoms with E-state index in [1.54, 1.807) is 0 Å². The van der Waals surface area contributed by atoms with Crippen molar-refractivity contribution in [1.82, 2.24) is 9.78 Å². The summed E-state index contributed by atoms with van der Waals surface area (Å²) in [4.78, 5) is 2.09. The minimum absolute atomic E-state index is 0.897. The van der Waals surface area contributed by atoms with Crippen LogP contribution in [0.4, 0.5) is 11.5 Å². The van der Waals surface area contributed by atoms with Crippen molar-refractivity contribution in [2.75, 3.05) is 17.3 Å². The lowest BCUT2D eigenvalue weighted by Gasteiger charge is -2.23. The number of hydrogen-bond acceptors (Lipinski definition) is 3. The van der Waals surface area contributed by atoms with Crippen LogP contribution in [0.5, 0.6) is 0 Å². The van der Waals surface area contributed by atoms with Gasteiger partial charge in [-0.05, 0) is 13.8 Å². The van der Waals surface area contributed by atoms with Gasteiger partial charge in [-0.1, -0.05) is 0 Å². The summed E-state index contributed by atoms with van der Waals surface area (Å²) >= 11 is 0. The number of fused-ring (bicyclic) bond motifs is 1. The third-order valence-electron chi connectivity index (χ3n) is 2.16. The molecule has 1 aliphatic rings. The van der Waals surface area contributed by atoms with Crippen LogP contribution in [0.2, 0.25) is 0 Å². The van der Waals surface area contributed by atoms with Crippen molar-refractivity contribution in [3.63, 3.8) is 0 Å². The molecular weight excluding hydrogens is 164 g/mol. The van der Waals surface area contributed by atoms with Crippen LogP contribution in [0.25, 0.3) is 0 Å². The van der Waals surface area contributed by atoms with Crippen molar-refractivity contribution in [3.05, 3.63) is 18.1 Å². The van der Waals surface area contributed by atoms with Gasteiger partial charge < -0.3 is 10.2 Å². The Hall–Kier alpha value is -1.45. The average molecular weight is 178 g/mol. The van der Waals surface area contributed by atoms with Crippen molar-refractivity contribution in [2.45, 2.75) is 20.4 Å². The summed E-state index contributed by atoms with van der Waals surface area (Å²) in [5.74, 6) is 1.13. The van der Waals surface area contributed by atoms with Crippen LogP contribution >= 0.6 is 0 Å². The van der Waals surface area contributed by atoms with E-state index in [4.69, 9.17) is 0 Å². The first-order chi connectivity index (χ1) is 6.22. The summed E-state index contributed by atoms with van der Waals surface area (Å²) in [5, 5.41) is 7.56. The highest BCUT2D eigenvalue weighted by Crippen LogP contribution is 2.29. The molecule has 0 aromatic carbocycles. The Morgan fingerprint density at radius 2 is 2.31 bits per heavy atom. The fourth-order valence-corrected chi connectivity index (χ4v) is 1.67. The van der Waals surface area contributed by atoms with Crippen molar-refractivity contribution in [2.24, 2.45) is 0 Å². The van der Waals surface area contributed by atoms with Crippen molar-refractivity contribution in [3.8, 4) is 0 Å². The Labute approximate surface area is 77.8 Å². The molecule has 70 valence electrons. The first-order valence-corrected chi connectivity index (χ1v) is 4.46. The van der Waals surface area contributed by atoms with Gasteiger partial charge in [0.1, 0.15) is 5.69 Å². The number of hydrogen-bond donors (Lipinski definition) is 1. The van der Waals surface area contributed by atoms with Crippen LogP contribution in [0.1, 0.15) is 13.8 Å². The van der Waals surface area contributed by atoms with Crippen molar-refractivity contribution < 1.29 is 0 Å². The molecule has 1 aromatic heterocycles. The number of rotatable bonds is 1. The summed E-state index contributed by atoms with van der Waals surface area (Å²) in [6.45, 7) is 5.03. The predicted octanol–water partition coefficient (Wildman–Crippen LogP) is 1.63. The Kier molecular flexibility index (Phi) is 1.76. The average Bonchev–Trinajstić information content (AvgIpc) is 2.47. The maximum absolute atomic E-state index is 4.28. The lowest BCUT2D eigenvalue weighted by atomic mass is 10.3. The molecule has 0 atom stereocenters. The zero-order valence-electron chi connectivity index (χ0n) is 8.20. The van der Waals surface area contributed by atoms with Gasteiger partial charge >= 0.3 is 0 Å². The number of anilines is 2. The van der Waals surface area contributed by atoms with E-state index in [1.165, 1.54) is 0 Å². The van der Waals surface area contributed by atoms with Crippen LogP contribution in [-0.2, 0) is 6.54 Å². The monoisotopic (exact) mass is 178 g/mol. The third-order valence-corrected chi connectivity index (χ3v) is 2.16.